The van der Waals surface area contributed by atoms with E-state index in [9.17, 15) is 4.79 Å². The molecule has 0 spiro atoms. The molecule has 4 heterocycles. The molecule has 0 aromatic carbocycles. The molecule has 7 nitrogen and oxygen atoms in total. The number of carbonyl (C=O) groups excluding carboxylic acids is 1. The second-order valence-electron chi connectivity index (χ2n) is 6.87. The van der Waals surface area contributed by atoms with Crippen molar-refractivity contribution in [2.45, 2.75) is 26.7 Å². The lowest BCUT2D eigenvalue weighted by molar-refractivity contribution is -0.120. The maximum absolute atomic E-state index is 12.9. The van der Waals surface area contributed by atoms with Crippen molar-refractivity contribution in [2.75, 3.05) is 11.4 Å². The average molecular weight is 350 g/mol. The standard InChI is InChI=1S/C19H22N6O/c1-12-8-16(23-24(12)3)9-14-6-7-25(19(14)26)18-5-4-17(13(2)22-18)15-10-20-21-11-15/h4-5,8,10-11,14H,6-7,9H2,1-3H3,(H,20,21). The predicted molar refractivity (Wildman–Crippen MR) is 98.7 cm³/mol. The quantitative estimate of drug-likeness (QED) is 0.784. The Labute approximate surface area is 152 Å². The molecule has 0 saturated carbocycles. The molecule has 1 aliphatic rings. The Bertz CT molecular complexity index is 924. The van der Waals surface area contributed by atoms with Crippen LogP contribution in [0.25, 0.3) is 11.1 Å². The highest BCUT2D eigenvalue weighted by molar-refractivity contribution is 5.96. The minimum atomic E-state index is -0.0278. The van der Waals surface area contributed by atoms with E-state index in [2.05, 4.69) is 26.3 Å². The van der Waals surface area contributed by atoms with Crippen LogP contribution in [-0.4, -0.2) is 37.4 Å². The minimum Gasteiger partial charge on any atom is -0.297 e. The molecule has 4 rings (SSSR count). The van der Waals surface area contributed by atoms with Gasteiger partial charge in [-0.25, -0.2) is 4.98 Å². The number of hydrogen-bond donors (Lipinski definition) is 1. The molecule has 1 aliphatic heterocycles. The van der Waals surface area contributed by atoms with Crippen LogP contribution in [0, 0.1) is 19.8 Å². The van der Waals surface area contributed by atoms with E-state index < -0.39 is 0 Å². The van der Waals surface area contributed by atoms with E-state index in [1.54, 1.807) is 11.1 Å². The van der Waals surface area contributed by atoms with Gasteiger partial charge in [-0.2, -0.15) is 10.2 Å². The predicted octanol–water partition coefficient (Wildman–Crippen LogP) is 2.42. The van der Waals surface area contributed by atoms with Crippen LogP contribution in [0.15, 0.2) is 30.6 Å². The molecule has 0 aliphatic carbocycles. The summed E-state index contributed by atoms with van der Waals surface area (Å²) in [5.74, 6) is 0.829. The van der Waals surface area contributed by atoms with Crippen molar-refractivity contribution in [2.24, 2.45) is 13.0 Å². The van der Waals surface area contributed by atoms with Crippen LogP contribution in [0.4, 0.5) is 5.82 Å². The van der Waals surface area contributed by atoms with E-state index in [1.165, 1.54) is 0 Å². The Morgan fingerprint density at radius 2 is 2.15 bits per heavy atom. The number of aromatic nitrogens is 5. The number of H-pyrrole nitrogens is 1. The second kappa shape index (κ2) is 6.40. The Balaban J connectivity index is 1.52. The Kier molecular flexibility index (Phi) is 4.06. The van der Waals surface area contributed by atoms with Gasteiger partial charge in [0.25, 0.3) is 0 Å². The van der Waals surface area contributed by atoms with E-state index in [-0.39, 0.29) is 11.8 Å². The van der Waals surface area contributed by atoms with Crippen molar-refractivity contribution in [3.8, 4) is 11.1 Å². The fraction of sp³-hybridized carbons (Fsp3) is 0.368. The number of nitrogens with zero attached hydrogens (tertiary/aromatic N) is 5. The molecule has 1 atom stereocenters. The molecule has 1 amide bonds. The zero-order chi connectivity index (χ0) is 18.3. The van der Waals surface area contributed by atoms with Crippen molar-refractivity contribution < 1.29 is 4.79 Å². The maximum atomic E-state index is 12.9. The normalized spacial score (nSPS) is 17.3. The lowest BCUT2D eigenvalue weighted by atomic mass is 10.0. The molecule has 7 heteroatoms. The van der Waals surface area contributed by atoms with Crippen molar-refractivity contribution in [1.29, 1.82) is 0 Å². The van der Waals surface area contributed by atoms with E-state index in [4.69, 9.17) is 0 Å². The molecular weight excluding hydrogens is 328 g/mol. The highest BCUT2D eigenvalue weighted by Crippen LogP contribution is 2.29. The first-order valence-electron chi connectivity index (χ1n) is 8.80. The summed E-state index contributed by atoms with van der Waals surface area (Å²) in [6.07, 6.45) is 5.13. The molecule has 3 aromatic rings. The van der Waals surface area contributed by atoms with Gasteiger partial charge in [-0.15, -0.1) is 0 Å². The number of hydrogen-bond acceptors (Lipinski definition) is 4. The Morgan fingerprint density at radius 3 is 2.81 bits per heavy atom. The summed E-state index contributed by atoms with van der Waals surface area (Å²) < 4.78 is 1.85. The van der Waals surface area contributed by atoms with Gasteiger partial charge in [-0.05, 0) is 38.5 Å². The monoisotopic (exact) mass is 350 g/mol. The number of aryl methyl sites for hydroxylation is 3. The topological polar surface area (TPSA) is 79.7 Å². The summed E-state index contributed by atoms with van der Waals surface area (Å²) >= 11 is 0. The van der Waals surface area contributed by atoms with E-state index in [1.807, 2.05) is 43.9 Å². The molecule has 0 bridgehead atoms. The zero-order valence-corrected chi connectivity index (χ0v) is 15.2. The van der Waals surface area contributed by atoms with Crippen LogP contribution in [0.3, 0.4) is 0 Å². The van der Waals surface area contributed by atoms with Crippen LogP contribution in [0.5, 0.6) is 0 Å². The number of aromatic amines is 1. The molecule has 0 radical (unpaired) electrons. The molecule has 134 valence electrons. The minimum absolute atomic E-state index is 0.0278. The molecule has 1 N–H and O–H groups in total. The van der Waals surface area contributed by atoms with E-state index in [0.29, 0.717) is 13.0 Å². The summed E-state index contributed by atoms with van der Waals surface area (Å²) in [6, 6.07) is 5.98. The first-order valence-corrected chi connectivity index (χ1v) is 8.80. The largest absolute Gasteiger partial charge is 0.297 e. The van der Waals surface area contributed by atoms with Crippen molar-refractivity contribution in [3.63, 3.8) is 0 Å². The van der Waals surface area contributed by atoms with Gasteiger partial charge in [0.1, 0.15) is 5.82 Å². The number of anilines is 1. The Hall–Kier alpha value is -2.96. The first-order chi connectivity index (χ1) is 12.5. The van der Waals surface area contributed by atoms with Gasteiger partial charge in [0.15, 0.2) is 0 Å². The lowest BCUT2D eigenvalue weighted by Crippen LogP contribution is -2.28. The smallest absolute Gasteiger partial charge is 0.231 e. The highest BCUT2D eigenvalue weighted by atomic mass is 16.2. The van der Waals surface area contributed by atoms with Crippen molar-refractivity contribution in [3.05, 3.63) is 47.7 Å². The third-order valence-corrected chi connectivity index (χ3v) is 5.09. The molecule has 1 fully saturated rings. The molecule has 26 heavy (non-hydrogen) atoms. The average Bonchev–Trinajstić information content (AvgIpc) is 3.32. The fourth-order valence-electron chi connectivity index (χ4n) is 3.54. The highest BCUT2D eigenvalue weighted by Gasteiger charge is 2.34. The number of carbonyl (C=O) groups is 1. The summed E-state index contributed by atoms with van der Waals surface area (Å²) in [5.41, 5.74) is 4.99. The summed E-state index contributed by atoms with van der Waals surface area (Å²) in [7, 11) is 1.93. The van der Waals surface area contributed by atoms with Crippen LogP contribution in [-0.2, 0) is 18.3 Å². The molecule has 1 unspecified atom stereocenters. The maximum Gasteiger partial charge on any atom is 0.231 e. The van der Waals surface area contributed by atoms with Crippen LogP contribution in [0.1, 0.15) is 23.5 Å². The van der Waals surface area contributed by atoms with Crippen LogP contribution in [0.2, 0.25) is 0 Å². The third-order valence-electron chi connectivity index (χ3n) is 5.09. The van der Waals surface area contributed by atoms with Crippen LogP contribution >= 0.6 is 0 Å². The van der Waals surface area contributed by atoms with Gasteiger partial charge < -0.3 is 0 Å². The lowest BCUT2D eigenvalue weighted by Gasteiger charge is -2.17. The second-order valence-corrected chi connectivity index (χ2v) is 6.87. The molecule has 1 saturated heterocycles. The Morgan fingerprint density at radius 1 is 1.31 bits per heavy atom. The zero-order valence-electron chi connectivity index (χ0n) is 15.2. The van der Waals surface area contributed by atoms with Gasteiger partial charge in [-0.1, -0.05) is 0 Å². The summed E-state index contributed by atoms with van der Waals surface area (Å²) in [6.45, 7) is 4.68. The number of amides is 1. The molecule has 3 aromatic heterocycles. The van der Waals surface area contributed by atoms with E-state index in [0.717, 1.165) is 40.4 Å². The molecular formula is C19H22N6O. The van der Waals surface area contributed by atoms with Gasteiger partial charge in [0.05, 0.1) is 11.9 Å². The van der Waals surface area contributed by atoms with Crippen molar-refractivity contribution in [1.82, 2.24) is 25.0 Å². The summed E-state index contributed by atoms with van der Waals surface area (Å²) in [5, 5.41) is 11.3. The SMILES string of the molecule is Cc1nc(N2CCC(Cc3cc(C)n(C)n3)C2=O)ccc1-c1cn[nH]c1. The summed E-state index contributed by atoms with van der Waals surface area (Å²) in [4.78, 5) is 19.3. The number of rotatable bonds is 4. The van der Waals surface area contributed by atoms with Gasteiger partial charge >= 0.3 is 0 Å². The third kappa shape index (κ3) is 2.89. The van der Waals surface area contributed by atoms with Gasteiger partial charge in [0.2, 0.25) is 5.91 Å². The van der Waals surface area contributed by atoms with Crippen LogP contribution < -0.4 is 4.90 Å². The number of pyridine rings is 1. The van der Waals surface area contributed by atoms with E-state index >= 15 is 0 Å². The van der Waals surface area contributed by atoms with Gasteiger partial charge in [0, 0.05) is 54.6 Å². The van der Waals surface area contributed by atoms with Gasteiger partial charge in [-0.3, -0.25) is 19.5 Å². The van der Waals surface area contributed by atoms with Crippen molar-refractivity contribution >= 4 is 11.7 Å². The first kappa shape index (κ1) is 16.5. The fourth-order valence-corrected chi connectivity index (χ4v) is 3.54. The number of nitrogens with one attached hydrogen (secondary N) is 1.